The van der Waals surface area contributed by atoms with E-state index in [1.807, 2.05) is 24.3 Å². The van der Waals surface area contributed by atoms with Crippen LogP contribution >= 0.6 is 12.4 Å². The maximum absolute atomic E-state index is 11.6. The number of carbonyl (C=O) groups is 1. The van der Waals surface area contributed by atoms with Gasteiger partial charge in [0.1, 0.15) is 5.75 Å². The van der Waals surface area contributed by atoms with Crippen molar-refractivity contribution in [2.24, 2.45) is 0 Å². The Hall–Kier alpha value is -1.30. The van der Waals surface area contributed by atoms with Crippen LogP contribution in [-0.4, -0.2) is 39.3 Å². The van der Waals surface area contributed by atoms with Gasteiger partial charge in [0.2, 0.25) is 5.91 Å². The molecule has 0 aliphatic carbocycles. The third-order valence-corrected chi connectivity index (χ3v) is 2.38. The highest BCUT2D eigenvalue weighted by Crippen LogP contribution is 2.15. The molecule has 0 aliphatic rings. The van der Waals surface area contributed by atoms with Gasteiger partial charge in [-0.2, -0.15) is 0 Å². The molecule has 1 amide bonds. The topological polar surface area (TPSA) is 59.6 Å². The smallest absolute Gasteiger partial charge is 0.238 e. The molecule has 5 nitrogen and oxygen atoms in total. The van der Waals surface area contributed by atoms with Crippen LogP contribution in [0.3, 0.4) is 0 Å². The zero-order chi connectivity index (χ0) is 13.9. The van der Waals surface area contributed by atoms with E-state index in [2.05, 4.69) is 17.6 Å². The first-order valence-electron chi connectivity index (χ1n) is 6.48. The van der Waals surface area contributed by atoms with Crippen molar-refractivity contribution in [2.75, 3.05) is 38.7 Å². The minimum absolute atomic E-state index is 0. The van der Waals surface area contributed by atoms with Crippen molar-refractivity contribution in [3.05, 3.63) is 24.3 Å². The number of amides is 1. The number of nitrogens with one attached hydrogen (secondary N) is 2. The molecule has 0 saturated carbocycles. The lowest BCUT2D eigenvalue weighted by Crippen LogP contribution is -2.30. The van der Waals surface area contributed by atoms with Gasteiger partial charge in [0.25, 0.3) is 0 Å². The molecule has 0 atom stereocenters. The van der Waals surface area contributed by atoms with Crippen LogP contribution < -0.4 is 15.4 Å². The molecule has 1 rings (SSSR count). The monoisotopic (exact) mass is 302 g/mol. The summed E-state index contributed by atoms with van der Waals surface area (Å²) in [4.78, 5) is 11.6. The van der Waals surface area contributed by atoms with Crippen LogP contribution in [0.5, 0.6) is 5.75 Å². The Morgan fingerprint density at radius 2 is 1.90 bits per heavy atom. The van der Waals surface area contributed by atoms with Gasteiger partial charge in [-0.15, -0.1) is 12.4 Å². The largest absolute Gasteiger partial charge is 0.494 e. The lowest BCUT2D eigenvalue weighted by Gasteiger charge is -2.08. The van der Waals surface area contributed by atoms with Gasteiger partial charge in [-0.25, -0.2) is 0 Å². The standard InChI is InChI=1S/C14H22N2O3.ClH/c1-3-9-19-13-6-4-12(5-7-13)16-14(17)11-15-8-10-18-2;/h4-7,15H,3,8-11H2,1-2H3,(H,16,17);1H. The average molecular weight is 303 g/mol. The fourth-order valence-corrected chi connectivity index (χ4v) is 1.44. The molecule has 0 spiro atoms. The predicted octanol–water partition coefficient (Wildman–Crippen LogP) is 2.07. The van der Waals surface area contributed by atoms with E-state index in [1.165, 1.54) is 0 Å². The van der Waals surface area contributed by atoms with Gasteiger partial charge >= 0.3 is 0 Å². The minimum Gasteiger partial charge on any atom is -0.494 e. The van der Waals surface area contributed by atoms with Gasteiger partial charge < -0.3 is 20.1 Å². The van der Waals surface area contributed by atoms with Crippen molar-refractivity contribution < 1.29 is 14.3 Å². The zero-order valence-electron chi connectivity index (χ0n) is 12.0. The van der Waals surface area contributed by atoms with Gasteiger partial charge in [-0.05, 0) is 30.7 Å². The molecule has 0 fully saturated rings. The molecule has 0 aromatic heterocycles. The molecule has 0 heterocycles. The van der Waals surface area contributed by atoms with Crippen molar-refractivity contribution in [3.8, 4) is 5.75 Å². The Labute approximate surface area is 126 Å². The molecule has 20 heavy (non-hydrogen) atoms. The Balaban J connectivity index is 0.00000361. The van der Waals surface area contributed by atoms with Crippen molar-refractivity contribution >= 4 is 24.0 Å². The molecule has 0 bridgehead atoms. The van der Waals surface area contributed by atoms with Gasteiger partial charge in [0.15, 0.2) is 0 Å². The van der Waals surface area contributed by atoms with Crippen LogP contribution in [0.2, 0.25) is 0 Å². The molecule has 0 saturated heterocycles. The Bertz CT molecular complexity index is 371. The molecule has 1 aromatic carbocycles. The van der Waals surface area contributed by atoms with Crippen LogP contribution in [0.15, 0.2) is 24.3 Å². The Morgan fingerprint density at radius 1 is 1.20 bits per heavy atom. The molecule has 114 valence electrons. The molecule has 6 heteroatoms. The first kappa shape index (κ1) is 18.7. The summed E-state index contributed by atoms with van der Waals surface area (Å²) in [7, 11) is 1.63. The SMILES string of the molecule is CCCOc1ccc(NC(=O)CNCCOC)cc1.Cl. The number of benzene rings is 1. The summed E-state index contributed by atoms with van der Waals surface area (Å²) in [6.07, 6.45) is 0.978. The van der Waals surface area contributed by atoms with E-state index >= 15 is 0 Å². The first-order valence-corrected chi connectivity index (χ1v) is 6.48. The fraction of sp³-hybridized carbons (Fsp3) is 0.500. The van der Waals surface area contributed by atoms with Gasteiger partial charge in [0, 0.05) is 19.3 Å². The molecule has 1 aromatic rings. The highest BCUT2D eigenvalue weighted by molar-refractivity contribution is 5.92. The molecule has 0 aliphatic heterocycles. The van der Waals surface area contributed by atoms with Gasteiger partial charge in [-0.3, -0.25) is 4.79 Å². The van der Waals surface area contributed by atoms with E-state index in [4.69, 9.17) is 9.47 Å². The highest BCUT2D eigenvalue weighted by atomic mass is 35.5. The number of methoxy groups -OCH3 is 1. The number of hydrogen-bond donors (Lipinski definition) is 2. The molecule has 0 unspecified atom stereocenters. The van der Waals surface area contributed by atoms with Gasteiger partial charge in [-0.1, -0.05) is 6.92 Å². The summed E-state index contributed by atoms with van der Waals surface area (Å²) in [5, 5.41) is 5.79. The van der Waals surface area contributed by atoms with E-state index in [1.54, 1.807) is 7.11 Å². The van der Waals surface area contributed by atoms with E-state index in [0.717, 1.165) is 17.9 Å². The molecular weight excluding hydrogens is 280 g/mol. The molecular formula is C14H23ClN2O3. The number of carbonyl (C=O) groups excluding carboxylic acids is 1. The quantitative estimate of drug-likeness (QED) is 0.686. The summed E-state index contributed by atoms with van der Waals surface area (Å²) >= 11 is 0. The van der Waals surface area contributed by atoms with Crippen molar-refractivity contribution in [3.63, 3.8) is 0 Å². The number of ether oxygens (including phenoxy) is 2. The van der Waals surface area contributed by atoms with Crippen LogP contribution in [-0.2, 0) is 9.53 Å². The van der Waals surface area contributed by atoms with E-state index in [9.17, 15) is 4.79 Å². The van der Waals surface area contributed by atoms with Crippen LogP contribution in [0.25, 0.3) is 0 Å². The summed E-state index contributed by atoms with van der Waals surface area (Å²) in [6.45, 7) is 4.29. The molecule has 2 N–H and O–H groups in total. The summed E-state index contributed by atoms with van der Waals surface area (Å²) in [5.41, 5.74) is 0.766. The predicted molar refractivity (Wildman–Crippen MR) is 82.9 cm³/mol. The van der Waals surface area contributed by atoms with E-state index in [0.29, 0.717) is 19.8 Å². The van der Waals surface area contributed by atoms with Crippen molar-refractivity contribution in [1.82, 2.24) is 5.32 Å². The Morgan fingerprint density at radius 3 is 2.50 bits per heavy atom. The second-order valence-corrected chi connectivity index (χ2v) is 4.09. The van der Waals surface area contributed by atoms with Crippen LogP contribution in [0, 0.1) is 0 Å². The van der Waals surface area contributed by atoms with Crippen molar-refractivity contribution in [1.29, 1.82) is 0 Å². The summed E-state index contributed by atoms with van der Waals surface area (Å²) in [6, 6.07) is 7.36. The third kappa shape index (κ3) is 7.99. The first-order chi connectivity index (χ1) is 9.26. The third-order valence-electron chi connectivity index (χ3n) is 2.38. The lowest BCUT2D eigenvalue weighted by atomic mass is 10.3. The highest BCUT2D eigenvalue weighted by Gasteiger charge is 2.01. The Kier molecular flexibility index (Phi) is 10.8. The van der Waals surface area contributed by atoms with E-state index < -0.39 is 0 Å². The summed E-state index contributed by atoms with van der Waals surface area (Å²) in [5.74, 6) is 0.747. The number of halogens is 1. The normalized spacial score (nSPS) is 9.70. The average Bonchev–Trinajstić information content (AvgIpc) is 2.43. The maximum atomic E-state index is 11.6. The summed E-state index contributed by atoms with van der Waals surface area (Å²) < 4.78 is 10.3. The minimum atomic E-state index is -0.0710. The number of anilines is 1. The van der Waals surface area contributed by atoms with E-state index in [-0.39, 0.29) is 24.9 Å². The maximum Gasteiger partial charge on any atom is 0.238 e. The van der Waals surface area contributed by atoms with Crippen molar-refractivity contribution in [2.45, 2.75) is 13.3 Å². The zero-order valence-corrected chi connectivity index (χ0v) is 12.8. The second kappa shape index (κ2) is 11.5. The second-order valence-electron chi connectivity index (χ2n) is 4.09. The van der Waals surface area contributed by atoms with Crippen LogP contribution in [0.4, 0.5) is 5.69 Å². The lowest BCUT2D eigenvalue weighted by molar-refractivity contribution is -0.115. The van der Waals surface area contributed by atoms with Crippen LogP contribution in [0.1, 0.15) is 13.3 Å². The van der Waals surface area contributed by atoms with Gasteiger partial charge in [0.05, 0.1) is 19.8 Å². The number of rotatable bonds is 9. The number of hydrogen-bond acceptors (Lipinski definition) is 4. The fourth-order valence-electron chi connectivity index (χ4n) is 1.44. The molecule has 0 radical (unpaired) electrons.